The highest BCUT2D eigenvalue weighted by Gasteiger charge is 2.17. The third-order valence-corrected chi connectivity index (χ3v) is 8.37. The second-order valence-corrected chi connectivity index (χ2v) is 10.9. The predicted molar refractivity (Wildman–Crippen MR) is 161 cm³/mol. The van der Waals surface area contributed by atoms with E-state index in [-0.39, 0.29) is 31.4 Å². The summed E-state index contributed by atoms with van der Waals surface area (Å²) in [6, 6.07) is 2.10. The first-order valence-corrected chi connectivity index (χ1v) is 14.1. The zero-order valence-corrected chi connectivity index (χ0v) is 25.0. The van der Waals surface area contributed by atoms with Gasteiger partial charge in [-0.05, 0) is 104 Å². The molecule has 0 amide bonds. The number of ether oxygens (including phenoxy) is 2. The van der Waals surface area contributed by atoms with Crippen LogP contribution < -0.4 is 21.4 Å². The maximum absolute atomic E-state index is 12.1. The number of hydrogen-bond acceptors (Lipinski definition) is 5. The molecule has 9 heteroatoms. The molecule has 0 radical (unpaired) electrons. The van der Waals surface area contributed by atoms with Crippen molar-refractivity contribution >= 4 is 36.2 Å². The molecule has 5 heterocycles. The third-order valence-electron chi connectivity index (χ3n) is 8.37. The van der Waals surface area contributed by atoms with E-state index in [1.165, 1.54) is 14.2 Å². The van der Waals surface area contributed by atoms with Crippen LogP contribution in [0.5, 0.6) is 0 Å². The first kappa shape index (κ1) is 29.0. The smallest absolute Gasteiger partial charge is 0.305 e. The highest BCUT2D eigenvalue weighted by atomic mass is 16.5. The summed E-state index contributed by atoms with van der Waals surface area (Å²) in [6.07, 6.45) is 9.71. The number of methoxy groups -OCH3 is 2. The van der Waals surface area contributed by atoms with Gasteiger partial charge in [-0.2, -0.15) is 0 Å². The Labute approximate surface area is 243 Å². The monoisotopic (exact) mass is 570 g/mol. The Hall–Kier alpha value is -4.50. The van der Waals surface area contributed by atoms with Gasteiger partial charge >= 0.3 is 11.9 Å². The van der Waals surface area contributed by atoms with Crippen LogP contribution >= 0.6 is 0 Å². The predicted octanol–water partition coefficient (Wildman–Crippen LogP) is 1.56. The average Bonchev–Trinajstić information content (AvgIpc) is 3.65. The second-order valence-electron chi connectivity index (χ2n) is 10.9. The van der Waals surface area contributed by atoms with Crippen LogP contribution in [0.15, 0.2) is 6.07 Å². The lowest BCUT2D eigenvalue weighted by atomic mass is 10.0. The van der Waals surface area contributed by atoms with E-state index >= 15 is 0 Å². The molecular weight excluding hydrogens is 532 g/mol. The standard InChI is InChI=1S/C33H38N4O5/c1-17-11-21-12-26-20(4)24(16-38)31(35-26)14-28-19(3)23(8-10-33(40)42-6)30(37-28)15-29-22(7-9-32(39)41-5)18(2)27(36-29)13-25(17)34-21/h11-15,34-38H,7-10,16H2,1-6H3. The van der Waals surface area contributed by atoms with Gasteiger partial charge in [0.15, 0.2) is 0 Å². The van der Waals surface area contributed by atoms with E-state index in [1.54, 1.807) is 0 Å². The van der Waals surface area contributed by atoms with Crippen LogP contribution in [0.25, 0.3) is 24.3 Å². The molecule has 0 saturated carbocycles. The van der Waals surface area contributed by atoms with Crippen molar-refractivity contribution in [3.63, 3.8) is 0 Å². The van der Waals surface area contributed by atoms with Crippen molar-refractivity contribution in [2.45, 2.75) is 60.0 Å². The van der Waals surface area contributed by atoms with Crippen molar-refractivity contribution in [2.75, 3.05) is 14.2 Å². The summed E-state index contributed by atoms with van der Waals surface area (Å²) in [6.45, 7) is 8.05. The van der Waals surface area contributed by atoms with Gasteiger partial charge in [0, 0.05) is 62.6 Å². The molecule has 0 saturated heterocycles. The number of hydrogen-bond donors (Lipinski definition) is 5. The SMILES string of the molecule is COC(=O)CCc1c2[nH]c(c1C)C=c1[nH]c(c(C)c1CO)=Cc1cc(C)c([nH]1)C=c1[nH]c(c(CCC(=O)OC)c1C)=C2. The summed E-state index contributed by atoms with van der Waals surface area (Å²) in [4.78, 5) is 38.4. The zero-order chi connectivity index (χ0) is 30.1. The van der Waals surface area contributed by atoms with Crippen LogP contribution in [0, 0.1) is 27.7 Å². The van der Waals surface area contributed by atoms with Crippen LogP contribution in [-0.4, -0.2) is 51.2 Å². The van der Waals surface area contributed by atoms with E-state index in [9.17, 15) is 14.7 Å². The number of carbonyl (C=O) groups excluding carboxylic acids is 2. The Morgan fingerprint density at radius 1 is 0.643 bits per heavy atom. The quantitative estimate of drug-likeness (QED) is 0.189. The highest BCUT2D eigenvalue weighted by Crippen LogP contribution is 2.22. The number of aromatic nitrogens is 4. The summed E-state index contributed by atoms with van der Waals surface area (Å²) in [5, 5.41) is 13.8. The largest absolute Gasteiger partial charge is 0.469 e. The fourth-order valence-corrected chi connectivity index (χ4v) is 5.76. The van der Waals surface area contributed by atoms with Gasteiger partial charge in [0.25, 0.3) is 0 Å². The molecule has 1 aliphatic rings. The molecule has 8 bridgehead atoms. The van der Waals surface area contributed by atoms with Crippen molar-refractivity contribution in [1.29, 1.82) is 0 Å². The Bertz CT molecular complexity index is 1930. The van der Waals surface area contributed by atoms with Crippen molar-refractivity contribution in [3.8, 4) is 0 Å². The van der Waals surface area contributed by atoms with E-state index in [2.05, 4.69) is 58.1 Å². The minimum absolute atomic E-state index is 0.105. The average molecular weight is 571 g/mol. The van der Waals surface area contributed by atoms with Crippen molar-refractivity contribution < 1.29 is 24.2 Å². The fraction of sp³-hybridized carbons (Fsp3) is 0.333. The van der Waals surface area contributed by atoms with Crippen molar-refractivity contribution in [3.05, 3.63) is 89.2 Å². The molecule has 4 aromatic rings. The summed E-state index contributed by atoms with van der Waals surface area (Å²) in [7, 11) is 2.80. The van der Waals surface area contributed by atoms with Gasteiger partial charge in [0.1, 0.15) is 0 Å². The molecule has 1 aliphatic heterocycles. The number of nitrogens with one attached hydrogen (secondary N) is 4. The Morgan fingerprint density at radius 3 is 1.83 bits per heavy atom. The Morgan fingerprint density at radius 2 is 1.19 bits per heavy atom. The molecule has 0 fully saturated rings. The summed E-state index contributed by atoms with van der Waals surface area (Å²) >= 11 is 0. The van der Waals surface area contributed by atoms with E-state index < -0.39 is 0 Å². The molecule has 0 spiro atoms. The second kappa shape index (κ2) is 11.8. The summed E-state index contributed by atoms with van der Waals surface area (Å²) in [5.74, 6) is -0.544. The number of aliphatic hydroxyl groups is 1. The number of fused-ring (bicyclic) bond motifs is 8. The van der Waals surface area contributed by atoms with Gasteiger partial charge in [-0.1, -0.05) is 0 Å². The molecule has 220 valence electrons. The summed E-state index contributed by atoms with van der Waals surface area (Å²) < 4.78 is 9.85. The molecule has 0 unspecified atom stereocenters. The van der Waals surface area contributed by atoms with E-state index in [1.807, 2.05) is 19.9 Å². The van der Waals surface area contributed by atoms with Crippen molar-refractivity contribution in [2.24, 2.45) is 0 Å². The lowest BCUT2D eigenvalue weighted by molar-refractivity contribution is -0.141. The number of carbonyl (C=O) groups is 2. The van der Waals surface area contributed by atoms with Gasteiger partial charge in [-0.15, -0.1) is 0 Å². The zero-order valence-electron chi connectivity index (χ0n) is 25.0. The van der Waals surface area contributed by atoms with Gasteiger partial charge in [-0.25, -0.2) is 0 Å². The Balaban J connectivity index is 1.84. The number of rotatable bonds is 7. The number of aromatic amines is 4. The molecular formula is C33H38N4O5. The minimum Gasteiger partial charge on any atom is -0.469 e. The van der Waals surface area contributed by atoms with Crippen LogP contribution in [0.4, 0.5) is 0 Å². The third kappa shape index (κ3) is 5.52. The molecule has 0 atom stereocenters. The Kier molecular flexibility index (Phi) is 8.13. The highest BCUT2D eigenvalue weighted by molar-refractivity contribution is 5.71. The van der Waals surface area contributed by atoms with Gasteiger partial charge in [-0.3, -0.25) is 9.59 Å². The fourth-order valence-electron chi connectivity index (χ4n) is 5.76. The topological polar surface area (TPSA) is 136 Å². The van der Waals surface area contributed by atoms with Crippen LogP contribution in [-0.2, 0) is 38.5 Å². The lowest BCUT2D eigenvalue weighted by Crippen LogP contribution is -2.14. The molecule has 42 heavy (non-hydrogen) atoms. The van der Waals surface area contributed by atoms with Gasteiger partial charge in [0.05, 0.1) is 20.8 Å². The lowest BCUT2D eigenvalue weighted by Gasteiger charge is -2.03. The molecule has 9 nitrogen and oxygen atoms in total. The van der Waals surface area contributed by atoms with Crippen LogP contribution in [0.2, 0.25) is 0 Å². The van der Waals surface area contributed by atoms with Crippen molar-refractivity contribution in [1.82, 2.24) is 19.9 Å². The molecule has 0 aromatic carbocycles. The molecule has 0 aliphatic carbocycles. The van der Waals surface area contributed by atoms with Gasteiger partial charge < -0.3 is 34.5 Å². The summed E-state index contributed by atoms with van der Waals surface area (Å²) in [5.41, 5.74) is 10.6. The van der Waals surface area contributed by atoms with E-state index in [0.29, 0.717) is 12.8 Å². The number of aliphatic hydroxyl groups excluding tert-OH is 1. The van der Waals surface area contributed by atoms with Gasteiger partial charge in [0.2, 0.25) is 0 Å². The van der Waals surface area contributed by atoms with E-state index in [4.69, 9.17) is 9.47 Å². The first-order valence-electron chi connectivity index (χ1n) is 14.1. The number of H-pyrrole nitrogens is 4. The maximum Gasteiger partial charge on any atom is 0.305 e. The van der Waals surface area contributed by atoms with Crippen LogP contribution in [0.3, 0.4) is 0 Å². The van der Waals surface area contributed by atoms with Crippen LogP contribution in [0.1, 0.15) is 74.6 Å². The molecule has 5 rings (SSSR count). The minimum atomic E-state index is -0.278. The molecule has 5 N–H and O–H groups in total. The van der Waals surface area contributed by atoms with E-state index in [0.717, 1.165) is 83.1 Å². The molecule has 4 aromatic heterocycles. The number of esters is 2. The number of aryl methyl sites for hydroxylation is 1. The normalized spacial score (nSPS) is 12.2. The maximum atomic E-state index is 12.1. The first-order chi connectivity index (χ1) is 20.1.